The van der Waals surface area contributed by atoms with Gasteiger partial charge in [-0.2, -0.15) is 13.2 Å². The Balaban J connectivity index is 2.59. The second-order valence-corrected chi connectivity index (χ2v) is 3.85. The molecule has 0 aliphatic heterocycles. The zero-order valence-corrected chi connectivity index (χ0v) is 9.51. The molecule has 2 rings (SSSR count). The number of benzene rings is 1. The molecule has 1 nitrogen and oxygen atoms in total. The molecule has 0 aliphatic rings. The van der Waals surface area contributed by atoms with E-state index in [2.05, 4.69) is 5.92 Å². The Hall–Kier alpha value is -2.15. The van der Waals surface area contributed by atoms with Gasteiger partial charge in [0.25, 0.3) is 0 Å². The molecule has 0 aliphatic carbocycles. The molecule has 0 saturated heterocycles. The van der Waals surface area contributed by atoms with Gasteiger partial charge in [0, 0.05) is 11.1 Å². The summed E-state index contributed by atoms with van der Waals surface area (Å²) in [7, 11) is 0. The Morgan fingerprint density at radius 3 is 2.39 bits per heavy atom. The third-order valence-electron chi connectivity index (χ3n) is 2.45. The van der Waals surface area contributed by atoms with Crippen LogP contribution >= 0.6 is 0 Å². The zero-order valence-electron chi connectivity index (χ0n) is 9.51. The Morgan fingerprint density at radius 2 is 1.89 bits per heavy atom. The molecule has 0 bridgehead atoms. The summed E-state index contributed by atoms with van der Waals surface area (Å²) in [5.74, 6) is 3.21. The highest BCUT2D eigenvalue weighted by molar-refractivity contribution is 5.62. The summed E-state index contributed by atoms with van der Waals surface area (Å²) < 4.78 is 43.4. The minimum Gasteiger partial charge on any atom is -0.461 e. The third kappa shape index (κ3) is 2.40. The summed E-state index contributed by atoms with van der Waals surface area (Å²) in [5, 5.41) is 0. The molecule has 2 aromatic rings. The Morgan fingerprint density at radius 1 is 1.17 bits per heavy atom. The van der Waals surface area contributed by atoms with Crippen LogP contribution in [-0.2, 0) is 6.18 Å². The van der Waals surface area contributed by atoms with E-state index in [1.165, 1.54) is 6.07 Å². The monoisotopic (exact) mass is 250 g/mol. The van der Waals surface area contributed by atoms with Crippen molar-refractivity contribution in [2.24, 2.45) is 0 Å². The summed E-state index contributed by atoms with van der Waals surface area (Å²) >= 11 is 0. The van der Waals surface area contributed by atoms with E-state index in [1.54, 1.807) is 19.1 Å². The summed E-state index contributed by atoms with van der Waals surface area (Å²) in [4.78, 5) is 0. The largest absolute Gasteiger partial charge is 0.461 e. The molecule has 0 amide bonds. The molecule has 0 spiro atoms. The molecule has 0 atom stereocenters. The van der Waals surface area contributed by atoms with Crippen LogP contribution in [0.3, 0.4) is 0 Å². The number of aryl methyl sites for hydroxylation is 1. The van der Waals surface area contributed by atoms with Crippen molar-refractivity contribution in [3.8, 4) is 23.7 Å². The van der Waals surface area contributed by atoms with Crippen molar-refractivity contribution < 1.29 is 17.6 Å². The summed E-state index contributed by atoms with van der Waals surface area (Å²) in [5.41, 5.74) is -0.276. The number of halogens is 3. The number of terminal acetylenes is 1. The van der Waals surface area contributed by atoms with Crippen LogP contribution in [0.5, 0.6) is 0 Å². The van der Waals surface area contributed by atoms with E-state index in [1.807, 2.05) is 0 Å². The molecule has 4 heteroatoms. The fourth-order valence-corrected chi connectivity index (χ4v) is 1.61. The van der Waals surface area contributed by atoms with Crippen molar-refractivity contribution >= 4 is 0 Å². The fraction of sp³-hybridized carbons (Fsp3) is 0.143. The van der Waals surface area contributed by atoms with Gasteiger partial charge < -0.3 is 4.42 Å². The van der Waals surface area contributed by atoms with Crippen LogP contribution in [0, 0.1) is 19.3 Å². The average Bonchev–Trinajstić information content (AvgIpc) is 2.74. The lowest BCUT2D eigenvalue weighted by molar-refractivity contribution is -0.137. The predicted molar refractivity (Wildman–Crippen MR) is 61.8 cm³/mol. The van der Waals surface area contributed by atoms with Crippen LogP contribution in [0.1, 0.15) is 16.9 Å². The van der Waals surface area contributed by atoms with Crippen molar-refractivity contribution in [1.82, 2.24) is 0 Å². The second-order valence-electron chi connectivity index (χ2n) is 3.85. The van der Waals surface area contributed by atoms with Gasteiger partial charge in [0.15, 0.2) is 0 Å². The number of rotatable bonds is 1. The molecule has 1 aromatic heterocycles. The Labute approximate surface area is 102 Å². The van der Waals surface area contributed by atoms with Crippen molar-refractivity contribution in [1.29, 1.82) is 0 Å². The second kappa shape index (κ2) is 4.26. The average molecular weight is 250 g/mol. The van der Waals surface area contributed by atoms with E-state index >= 15 is 0 Å². The van der Waals surface area contributed by atoms with Gasteiger partial charge in [-0.05, 0) is 37.3 Å². The normalized spacial score (nSPS) is 11.3. The predicted octanol–water partition coefficient (Wildman–Crippen LogP) is 4.26. The highest BCUT2D eigenvalue weighted by atomic mass is 19.4. The number of hydrogen-bond donors (Lipinski definition) is 0. The first-order valence-electron chi connectivity index (χ1n) is 5.16. The first-order valence-corrected chi connectivity index (χ1v) is 5.16. The third-order valence-corrected chi connectivity index (χ3v) is 2.45. The summed E-state index contributed by atoms with van der Waals surface area (Å²) in [6, 6.07) is 6.77. The maximum absolute atomic E-state index is 12.7. The van der Waals surface area contributed by atoms with E-state index in [9.17, 15) is 13.2 Å². The highest BCUT2D eigenvalue weighted by Gasteiger charge is 2.31. The molecule has 0 saturated carbocycles. The molecule has 0 radical (unpaired) electrons. The molecule has 1 aromatic carbocycles. The van der Waals surface area contributed by atoms with Crippen LogP contribution in [0.2, 0.25) is 0 Å². The molecule has 1 heterocycles. The van der Waals surface area contributed by atoms with E-state index in [4.69, 9.17) is 10.8 Å². The van der Waals surface area contributed by atoms with Gasteiger partial charge in [-0.1, -0.05) is 5.92 Å². The summed E-state index contributed by atoms with van der Waals surface area (Å²) in [6.07, 6.45) is 0.739. The van der Waals surface area contributed by atoms with Crippen molar-refractivity contribution in [3.63, 3.8) is 0 Å². The van der Waals surface area contributed by atoms with Gasteiger partial charge >= 0.3 is 6.18 Å². The van der Waals surface area contributed by atoms with Crippen LogP contribution in [0.25, 0.3) is 11.3 Å². The minimum absolute atomic E-state index is 0.175. The standard InChI is InChI=1S/C14H9F3O/c1-3-10-6-11(13-5-4-9(2)18-13)8-12(7-10)14(15,16)17/h1,4-8H,2H3. The molecular weight excluding hydrogens is 241 g/mol. The van der Waals surface area contributed by atoms with Crippen LogP contribution < -0.4 is 0 Å². The van der Waals surface area contributed by atoms with E-state index in [0.29, 0.717) is 17.1 Å². The first kappa shape index (κ1) is 12.3. The van der Waals surface area contributed by atoms with E-state index < -0.39 is 11.7 Å². The van der Waals surface area contributed by atoms with Crippen LogP contribution in [0.15, 0.2) is 34.7 Å². The maximum Gasteiger partial charge on any atom is 0.416 e. The van der Waals surface area contributed by atoms with Gasteiger partial charge in [-0.15, -0.1) is 6.42 Å². The lowest BCUT2D eigenvalue weighted by Gasteiger charge is -2.09. The molecule has 92 valence electrons. The number of furan rings is 1. The lowest BCUT2D eigenvalue weighted by Crippen LogP contribution is -2.05. The van der Waals surface area contributed by atoms with Gasteiger partial charge in [0.1, 0.15) is 11.5 Å². The topological polar surface area (TPSA) is 13.1 Å². The van der Waals surface area contributed by atoms with Gasteiger partial charge in [-0.3, -0.25) is 0 Å². The van der Waals surface area contributed by atoms with Crippen molar-refractivity contribution in [2.75, 3.05) is 0 Å². The maximum atomic E-state index is 12.7. The van der Waals surface area contributed by atoms with Crippen molar-refractivity contribution in [2.45, 2.75) is 13.1 Å². The summed E-state index contributed by atoms with van der Waals surface area (Å²) in [6.45, 7) is 1.72. The van der Waals surface area contributed by atoms with Crippen LogP contribution in [-0.4, -0.2) is 0 Å². The van der Waals surface area contributed by atoms with Gasteiger partial charge in [0.05, 0.1) is 5.56 Å². The zero-order chi connectivity index (χ0) is 13.3. The molecular formula is C14H9F3O. The molecule has 0 fully saturated rings. The Kier molecular flexibility index (Phi) is 2.92. The molecule has 18 heavy (non-hydrogen) atoms. The number of alkyl halides is 3. The van der Waals surface area contributed by atoms with Gasteiger partial charge in [-0.25, -0.2) is 0 Å². The Bertz CT molecular complexity index is 615. The van der Waals surface area contributed by atoms with Gasteiger partial charge in [0.2, 0.25) is 0 Å². The first-order chi connectivity index (χ1) is 8.40. The van der Waals surface area contributed by atoms with Crippen molar-refractivity contribution in [3.05, 3.63) is 47.2 Å². The fourth-order valence-electron chi connectivity index (χ4n) is 1.61. The minimum atomic E-state index is -4.43. The quantitative estimate of drug-likeness (QED) is 0.689. The lowest BCUT2D eigenvalue weighted by atomic mass is 10.0. The van der Waals surface area contributed by atoms with E-state index in [-0.39, 0.29) is 5.56 Å². The number of hydrogen-bond acceptors (Lipinski definition) is 1. The van der Waals surface area contributed by atoms with E-state index in [0.717, 1.165) is 12.1 Å². The smallest absolute Gasteiger partial charge is 0.416 e. The SMILES string of the molecule is C#Cc1cc(-c2ccc(C)o2)cc(C(F)(F)F)c1. The molecule has 0 N–H and O–H groups in total. The highest BCUT2D eigenvalue weighted by Crippen LogP contribution is 2.33. The molecule has 0 unspecified atom stereocenters. The van der Waals surface area contributed by atoms with Crippen LogP contribution in [0.4, 0.5) is 13.2 Å².